The number of carbonyl (C=O) groups excluding carboxylic acids is 3. The first-order chi connectivity index (χ1) is 17.4. The highest BCUT2D eigenvalue weighted by Crippen LogP contribution is 2.20. The van der Waals surface area contributed by atoms with E-state index in [2.05, 4.69) is 16.0 Å². The molecule has 13 heteroatoms. The van der Waals surface area contributed by atoms with Crippen molar-refractivity contribution >= 4 is 29.3 Å². The molecule has 0 aliphatic heterocycles. The number of ether oxygens (including phenoxy) is 4. The van der Waals surface area contributed by atoms with E-state index in [1.54, 1.807) is 20.8 Å². The van der Waals surface area contributed by atoms with Gasteiger partial charge in [-0.05, 0) is 45.0 Å². The Morgan fingerprint density at radius 1 is 1.00 bits per heavy atom. The minimum atomic E-state index is -0.561. The Morgan fingerprint density at radius 2 is 1.68 bits per heavy atom. The zero-order valence-corrected chi connectivity index (χ0v) is 21.7. The molecule has 0 aromatic heterocycles. The van der Waals surface area contributed by atoms with E-state index in [4.69, 9.17) is 36.1 Å². The maximum atomic E-state index is 12.6. The van der Waals surface area contributed by atoms with Gasteiger partial charge < -0.3 is 52.1 Å². The predicted octanol–water partition coefficient (Wildman–Crippen LogP) is 1.13. The predicted molar refractivity (Wildman–Crippen MR) is 139 cm³/mol. The first-order valence-corrected chi connectivity index (χ1v) is 11.5. The summed E-state index contributed by atoms with van der Waals surface area (Å²) in [7, 11) is 1.39. The van der Waals surface area contributed by atoms with Crippen LogP contribution in [0.15, 0.2) is 42.1 Å². The first kappa shape index (κ1) is 31.1. The smallest absolute Gasteiger partial charge is 0.407 e. The number of nitrogens with one attached hydrogen (secondary N) is 3. The third kappa shape index (κ3) is 14.2. The highest BCUT2D eigenvalue weighted by molar-refractivity contribution is 6.04. The van der Waals surface area contributed by atoms with Crippen molar-refractivity contribution in [3.8, 4) is 0 Å². The molecule has 0 saturated carbocycles. The molecule has 0 heterocycles. The van der Waals surface area contributed by atoms with Gasteiger partial charge in [0.25, 0.3) is 5.91 Å². The Labute approximate surface area is 216 Å². The molecule has 0 bridgehead atoms. The van der Waals surface area contributed by atoms with Crippen LogP contribution >= 0.6 is 0 Å². The van der Waals surface area contributed by atoms with Crippen molar-refractivity contribution < 1.29 is 33.3 Å². The van der Waals surface area contributed by atoms with Crippen molar-refractivity contribution in [2.45, 2.75) is 32.8 Å². The zero-order valence-electron chi connectivity index (χ0n) is 21.7. The highest BCUT2D eigenvalue weighted by Gasteiger charge is 2.16. The molecule has 9 N–H and O–H groups in total. The molecule has 37 heavy (non-hydrogen) atoms. The van der Waals surface area contributed by atoms with Gasteiger partial charge in [-0.1, -0.05) is 0 Å². The Bertz CT molecular complexity index is 973. The third-order valence-electron chi connectivity index (χ3n) is 4.24. The molecule has 0 saturated heterocycles. The Hall–Kier alpha value is -3.97. The minimum Gasteiger partial charge on any atom is -0.483 e. The molecule has 0 fully saturated rings. The van der Waals surface area contributed by atoms with E-state index in [0.717, 1.165) is 0 Å². The van der Waals surface area contributed by atoms with E-state index in [0.29, 0.717) is 18.8 Å². The van der Waals surface area contributed by atoms with Crippen LogP contribution < -0.4 is 33.2 Å². The Kier molecular flexibility index (Phi) is 13.4. The van der Waals surface area contributed by atoms with E-state index >= 15 is 0 Å². The maximum absolute atomic E-state index is 12.6. The van der Waals surface area contributed by atoms with Gasteiger partial charge in [0.1, 0.15) is 11.4 Å². The Morgan fingerprint density at radius 3 is 2.32 bits per heavy atom. The number of rotatable bonds is 14. The second-order valence-corrected chi connectivity index (χ2v) is 8.61. The van der Waals surface area contributed by atoms with Crippen LogP contribution in [-0.4, -0.2) is 63.6 Å². The molecule has 3 amide bonds. The molecule has 1 rings (SSSR count). The third-order valence-corrected chi connectivity index (χ3v) is 4.24. The number of allylic oxidation sites excluding steroid dienone is 2. The molecular weight excluding hydrogens is 484 g/mol. The molecule has 0 aliphatic carbocycles. The molecule has 13 nitrogen and oxygen atoms in total. The van der Waals surface area contributed by atoms with Gasteiger partial charge >= 0.3 is 6.09 Å². The number of carbonyl (C=O) groups is 3. The average Bonchev–Trinajstić information content (AvgIpc) is 2.80. The van der Waals surface area contributed by atoms with E-state index in [1.165, 1.54) is 37.5 Å². The summed E-state index contributed by atoms with van der Waals surface area (Å²) in [5.74, 6) is -0.790. The first-order valence-electron chi connectivity index (χ1n) is 11.5. The second kappa shape index (κ2) is 15.9. The van der Waals surface area contributed by atoms with Gasteiger partial charge in [-0.2, -0.15) is 0 Å². The molecule has 206 valence electrons. The normalized spacial score (nSPS) is 12.0. The lowest BCUT2D eigenvalue weighted by Crippen LogP contribution is -2.34. The molecule has 1 aromatic carbocycles. The van der Waals surface area contributed by atoms with Gasteiger partial charge in [0.15, 0.2) is 5.88 Å². The van der Waals surface area contributed by atoms with E-state index in [-0.39, 0.29) is 55.1 Å². The zero-order chi connectivity index (χ0) is 27.8. The van der Waals surface area contributed by atoms with Gasteiger partial charge in [-0.15, -0.1) is 0 Å². The maximum Gasteiger partial charge on any atom is 0.407 e. The number of methoxy groups -OCH3 is 1. The van der Waals surface area contributed by atoms with Crippen molar-refractivity contribution in [3.05, 3.63) is 47.6 Å². The molecule has 1 aromatic rings. The molecule has 0 atom stereocenters. The fourth-order valence-electron chi connectivity index (χ4n) is 2.58. The number of hydrogen-bond donors (Lipinski definition) is 6. The van der Waals surface area contributed by atoms with Crippen molar-refractivity contribution in [2.24, 2.45) is 11.5 Å². The van der Waals surface area contributed by atoms with Gasteiger partial charge in [0.2, 0.25) is 5.91 Å². The quantitative estimate of drug-likeness (QED) is 0.0889. The van der Waals surface area contributed by atoms with Crippen molar-refractivity contribution in [1.29, 1.82) is 0 Å². The van der Waals surface area contributed by atoms with Crippen LogP contribution in [0.3, 0.4) is 0 Å². The van der Waals surface area contributed by atoms with Crippen LogP contribution in [0.4, 0.5) is 16.2 Å². The monoisotopic (exact) mass is 522 g/mol. The fourth-order valence-corrected chi connectivity index (χ4v) is 2.58. The van der Waals surface area contributed by atoms with E-state index in [9.17, 15) is 14.4 Å². The van der Waals surface area contributed by atoms with Crippen LogP contribution in [0.25, 0.3) is 0 Å². The minimum absolute atomic E-state index is 0.0235. The van der Waals surface area contributed by atoms with Crippen LogP contribution in [0.2, 0.25) is 0 Å². The number of amides is 3. The number of hydrogen-bond acceptors (Lipinski definition) is 10. The lowest BCUT2D eigenvalue weighted by atomic mass is 10.1. The van der Waals surface area contributed by atoms with Crippen molar-refractivity contribution in [1.82, 2.24) is 10.6 Å². The lowest BCUT2D eigenvalue weighted by molar-refractivity contribution is -0.117. The molecule has 0 spiro atoms. The van der Waals surface area contributed by atoms with Gasteiger partial charge in [-0.25, -0.2) is 4.79 Å². The fraction of sp³-hybridized carbons (Fsp3) is 0.458. The summed E-state index contributed by atoms with van der Waals surface area (Å²) < 4.78 is 20.6. The summed E-state index contributed by atoms with van der Waals surface area (Å²) in [4.78, 5) is 36.5. The highest BCUT2D eigenvalue weighted by atomic mass is 16.6. The number of nitrogens with two attached hydrogens (primary N) is 3. The van der Waals surface area contributed by atoms with Crippen LogP contribution in [-0.2, 0) is 23.7 Å². The Balaban J connectivity index is 2.40. The molecule has 0 aliphatic rings. The second-order valence-electron chi connectivity index (χ2n) is 8.61. The van der Waals surface area contributed by atoms with Gasteiger partial charge in [0, 0.05) is 18.3 Å². The number of alkyl carbamates (subject to hydrolysis) is 1. The van der Waals surface area contributed by atoms with Crippen LogP contribution in [0, 0.1) is 0 Å². The lowest BCUT2D eigenvalue weighted by Gasteiger charge is -2.19. The van der Waals surface area contributed by atoms with Crippen molar-refractivity contribution in [3.63, 3.8) is 0 Å². The summed E-state index contributed by atoms with van der Waals surface area (Å²) >= 11 is 0. The summed E-state index contributed by atoms with van der Waals surface area (Å²) in [6.45, 7) is 6.62. The molecule has 0 radical (unpaired) electrons. The van der Waals surface area contributed by atoms with Crippen LogP contribution in [0.5, 0.6) is 0 Å². The number of nitrogen functional groups attached to an aromatic ring is 1. The summed E-state index contributed by atoms with van der Waals surface area (Å²) in [6, 6.07) is 4.47. The largest absolute Gasteiger partial charge is 0.483 e. The van der Waals surface area contributed by atoms with E-state index < -0.39 is 17.6 Å². The van der Waals surface area contributed by atoms with Gasteiger partial charge in [-0.3, -0.25) is 9.59 Å². The van der Waals surface area contributed by atoms with E-state index in [1.807, 2.05) is 0 Å². The summed E-state index contributed by atoms with van der Waals surface area (Å²) in [5, 5.41) is 7.72. The molecular formula is C24H38N6O7. The molecule has 0 unspecified atom stereocenters. The number of anilines is 2. The topological polar surface area (TPSA) is 202 Å². The summed E-state index contributed by atoms with van der Waals surface area (Å²) in [5.41, 5.74) is 17.3. The average molecular weight is 523 g/mol. The van der Waals surface area contributed by atoms with Crippen LogP contribution in [0.1, 0.15) is 37.6 Å². The summed E-state index contributed by atoms with van der Waals surface area (Å²) in [6.07, 6.45) is 2.28. The SMILES string of the molecule is CO/C(N)=C/C=C(\N)NC(=O)c1ccc(N)cc1NC(=O)CCOCCOCCNC(=O)OC(C)(C)C. The van der Waals surface area contributed by atoms with Crippen molar-refractivity contribution in [2.75, 3.05) is 51.1 Å². The number of benzene rings is 1. The standard InChI is InChI=1S/C24H38N6O7/c1-24(2,3)37-23(33)28-10-12-36-14-13-35-11-9-21(31)29-18-15-16(25)5-6-17(18)22(32)30-19(26)7-8-20(27)34-4/h5-8,15H,9-14,25-27H2,1-4H3,(H,28,33)(H,29,31)(H,30,32)/b19-7+,20-8+. The van der Waals surface area contributed by atoms with Gasteiger partial charge in [0.05, 0.1) is 51.2 Å².